The number of nitrogens with zero attached hydrogens (tertiary/aromatic N) is 1. The van der Waals surface area contributed by atoms with Gasteiger partial charge in [-0.1, -0.05) is 0 Å². The highest BCUT2D eigenvalue weighted by Gasteiger charge is 2.41. The van der Waals surface area contributed by atoms with Crippen LogP contribution < -0.4 is 0 Å². The molecule has 0 aromatic rings. The number of likely N-dealkylation sites (N-methyl/N-ethyl adjacent to an activating group) is 1. The summed E-state index contributed by atoms with van der Waals surface area (Å²) < 4.78 is 10.0. The summed E-state index contributed by atoms with van der Waals surface area (Å²) in [7, 11) is 3.46. The number of carbonyl (C=O) groups is 1. The van der Waals surface area contributed by atoms with Crippen molar-refractivity contribution >= 4 is 5.97 Å². The van der Waals surface area contributed by atoms with Gasteiger partial charge in [0.15, 0.2) is 6.10 Å². The van der Waals surface area contributed by atoms with Gasteiger partial charge in [-0.15, -0.1) is 0 Å². The first-order valence-electron chi connectivity index (χ1n) is 5.19. The summed E-state index contributed by atoms with van der Waals surface area (Å²) in [6.45, 7) is 2.82. The third kappa shape index (κ3) is 2.68. The number of methoxy groups -OCH3 is 1. The predicted molar refractivity (Wildman–Crippen MR) is 54.5 cm³/mol. The topological polar surface area (TPSA) is 59.0 Å². The minimum absolute atomic E-state index is 0.102. The largest absolute Gasteiger partial charge is 0.464 e. The Labute approximate surface area is 90.0 Å². The lowest BCUT2D eigenvalue weighted by atomic mass is 10.1. The number of ether oxygens (including phenoxy) is 2. The molecule has 0 amide bonds. The molecule has 0 aliphatic carbocycles. The Hall–Kier alpha value is -0.650. The molecule has 1 aliphatic heterocycles. The second-order valence-electron chi connectivity index (χ2n) is 3.73. The fourth-order valence-electron chi connectivity index (χ4n) is 2.00. The first kappa shape index (κ1) is 12.4. The van der Waals surface area contributed by atoms with Crippen molar-refractivity contribution in [3.8, 4) is 0 Å². The minimum atomic E-state index is -1.12. The molecule has 1 fully saturated rings. The number of hydrogen-bond acceptors (Lipinski definition) is 5. The van der Waals surface area contributed by atoms with Gasteiger partial charge >= 0.3 is 5.97 Å². The van der Waals surface area contributed by atoms with Crippen LogP contribution in [-0.2, 0) is 14.3 Å². The summed E-state index contributed by atoms with van der Waals surface area (Å²) in [6, 6.07) is -0.297. The van der Waals surface area contributed by atoms with E-state index in [0.29, 0.717) is 0 Å². The third-order valence-corrected chi connectivity index (χ3v) is 2.81. The average Bonchev–Trinajstić information content (AvgIpc) is 2.58. The standard InChI is InChI=1S/C10H19NO4/c1-4-15-10(13)9(12)8-7(14-3)5-6-11(8)2/h7-9,12H,4-6H2,1-3H3/t7-,8+,9+/m1/s1. The summed E-state index contributed by atoms with van der Waals surface area (Å²) in [5, 5.41) is 9.82. The highest BCUT2D eigenvalue weighted by atomic mass is 16.5. The van der Waals surface area contributed by atoms with Crippen molar-refractivity contribution in [2.45, 2.75) is 31.6 Å². The SMILES string of the molecule is CCOC(=O)[C@@H](O)[C@@H]1[C@H](OC)CCN1C. The molecule has 15 heavy (non-hydrogen) atoms. The first-order chi connectivity index (χ1) is 7.11. The smallest absolute Gasteiger partial charge is 0.336 e. The number of hydrogen-bond donors (Lipinski definition) is 1. The van der Waals surface area contributed by atoms with Gasteiger partial charge in [-0.2, -0.15) is 0 Å². The molecule has 0 saturated carbocycles. The van der Waals surface area contributed by atoms with Crippen molar-refractivity contribution in [1.82, 2.24) is 4.90 Å². The first-order valence-corrected chi connectivity index (χ1v) is 5.19. The van der Waals surface area contributed by atoms with E-state index in [2.05, 4.69) is 0 Å². The number of rotatable bonds is 4. The molecule has 1 rings (SSSR count). The van der Waals surface area contributed by atoms with Crippen molar-refractivity contribution in [1.29, 1.82) is 0 Å². The van der Waals surface area contributed by atoms with Crippen LogP contribution in [0.3, 0.4) is 0 Å². The summed E-state index contributed by atoms with van der Waals surface area (Å²) in [4.78, 5) is 13.3. The lowest BCUT2D eigenvalue weighted by molar-refractivity contribution is -0.158. The minimum Gasteiger partial charge on any atom is -0.464 e. The average molecular weight is 217 g/mol. The van der Waals surface area contributed by atoms with Gasteiger partial charge in [0.25, 0.3) is 0 Å². The van der Waals surface area contributed by atoms with E-state index in [4.69, 9.17) is 9.47 Å². The van der Waals surface area contributed by atoms with E-state index in [1.54, 1.807) is 14.0 Å². The highest BCUT2D eigenvalue weighted by molar-refractivity contribution is 5.75. The molecule has 5 heteroatoms. The van der Waals surface area contributed by atoms with Crippen LogP contribution in [0.1, 0.15) is 13.3 Å². The molecule has 0 radical (unpaired) electrons. The van der Waals surface area contributed by atoms with Crippen molar-refractivity contribution in [3.63, 3.8) is 0 Å². The van der Waals surface area contributed by atoms with Crippen LogP contribution >= 0.6 is 0 Å². The van der Waals surface area contributed by atoms with Crippen LogP contribution in [0.15, 0.2) is 0 Å². The molecule has 88 valence electrons. The van der Waals surface area contributed by atoms with Crippen LogP contribution in [0.4, 0.5) is 0 Å². The monoisotopic (exact) mass is 217 g/mol. The van der Waals surface area contributed by atoms with Crippen molar-refractivity contribution < 1.29 is 19.4 Å². The van der Waals surface area contributed by atoms with Gasteiger partial charge in [-0.25, -0.2) is 4.79 Å². The Morgan fingerprint density at radius 2 is 2.33 bits per heavy atom. The Bertz CT molecular complexity index is 221. The molecule has 0 bridgehead atoms. The second-order valence-corrected chi connectivity index (χ2v) is 3.73. The zero-order valence-electron chi connectivity index (χ0n) is 9.47. The molecule has 0 unspecified atom stereocenters. The zero-order chi connectivity index (χ0) is 11.4. The molecule has 1 aliphatic rings. The Kier molecular flexibility index (Phi) is 4.50. The molecule has 0 spiro atoms. The summed E-state index contributed by atoms with van der Waals surface area (Å²) >= 11 is 0. The number of carbonyl (C=O) groups excluding carboxylic acids is 1. The number of likely N-dealkylation sites (tertiary alicyclic amines) is 1. The van der Waals surface area contributed by atoms with E-state index in [9.17, 15) is 9.90 Å². The molecule has 5 nitrogen and oxygen atoms in total. The summed E-state index contributed by atoms with van der Waals surface area (Å²) in [5.41, 5.74) is 0. The maximum Gasteiger partial charge on any atom is 0.336 e. The summed E-state index contributed by atoms with van der Waals surface area (Å²) in [5.74, 6) is -0.571. The van der Waals surface area contributed by atoms with E-state index < -0.39 is 12.1 Å². The van der Waals surface area contributed by atoms with Crippen LogP contribution in [0, 0.1) is 0 Å². The van der Waals surface area contributed by atoms with Gasteiger partial charge in [0.2, 0.25) is 0 Å². The molecule has 1 saturated heterocycles. The van der Waals surface area contributed by atoms with E-state index in [0.717, 1.165) is 13.0 Å². The van der Waals surface area contributed by atoms with Crippen LogP contribution in [0.5, 0.6) is 0 Å². The summed E-state index contributed by atoms with van der Waals surface area (Å²) in [6.07, 6.45) is -0.398. The maximum absolute atomic E-state index is 11.4. The number of esters is 1. The molecule has 3 atom stereocenters. The fraction of sp³-hybridized carbons (Fsp3) is 0.900. The van der Waals surface area contributed by atoms with Crippen LogP contribution in [0.2, 0.25) is 0 Å². The van der Waals surface area contributed by atoms with E-state index in [-0.39, 0.29) is 18.8 Å². The Morgan fingerprint density at radius 3 is 2.87 bits per heavy atom. The van der Waals surface area contributed by atoms with Crippen molar-refractivity contribution in [2.24, 2.45) is 0 Å². The molecule has 1 heterocycles. The van der Waals surface area contributed by atoms with Gasteiger partial charge in [0.05, 0.1) is 18.8 Å². The molecule has 0 aromatic carbocycles. The Morgan fingerprint density at radius 1 is 1.67 bits per heavy atom. The van der Waals surface area contributed by atoms with Gasteiger partial charge in [0.1, 0.15) is 0 Å². The Balaban J connectivity index is 2.63. The van der Waals surface area contributed by atoms with E-state index in [1.807, 2.05) is 11.9 Å². The molecular formula is C10H19NO4. The van der Waals surface area contributed by atoms with Crippen molar-refractivity contribution in [3.05, 3.63) is 0 Å². The quantitative estimate of drug-likeness (QED) is 0.651. The van der Waals surface area contributed by atoms with E-state index >= 15 is 0 Å². The van der Waals surface area contributed by atoms with E-state index in [1.165, 1.54) is 0 Å². The lowest BCUT2D eigenvalue weighted by Gasteiger charge is -2.27. The normalized spacial score (nSPS) is 29.1. The number of aliphatic hydroxyl groups is 1. The second kappa shape index (κ2) is 5.44. The highest BCUT2D eigenvalue weighted by Crippen LogP contribution is 2.22. The molecular weight excluding hydrogens is 198 g/mol. The number of aliphatic hydroxyl groups excluding tert-OH is 1. The van der Waals surface area contributed by atoms with Crippen molar-refractivity contribution in [2.75, 3.05) is 27.3 Å². The fourth-order valence-corrected chi connectivity index (χ4v) is 2.00. The third-order valence-electron chi connectivity index (χ3n) is 2.81. The molecule has 1 N–H and O–H groups in total. The van der Waals surface area contributed by atoms with Gasteiger partial charge in [-0.05, 0) is 20.4 Å². The maximum atomic E-state index is 11.4. The lowest BCUT2D eigenvalue weighted by Crippen LogP contribution is -2.48. The predicted octanol–water partition coefficient (Wildman–Crippen LogP) is -0.371. The van der Waals surface area contributed by atoms with Gasteiger partial charge in [0, 0.05) is 13.7 Å². The van der Waals surface area contributed by atoms with Gasteiger partial charge < -0.3 is 14.6 Å². The van der Waals surface area contributed by atoms with Gasteiger partial charge in [-0.3, -0.25) is 4.90 Å². The molecule has 0 aromatic heterocycles. The van der Waals surface area contributed by atoms with Crippen LogP contribution in [0.25, 0.3) is 0 Å². The van der Waals surface area contributed by atoms with Crippen LogP contribution in [-0.4, -0.2) is 61.5 Å². The zero-order valence-corrected chi connectivity index (χ0v) is 9.47.